The molecule has 0 radical (unpaired) electrons. The van der Waals surface area contributed by atoms with Crippen molar-refractivity contribution in [2.24, 2.45) is 11.7 Å². The van der Waals surface area contributed by atoms with E-state index in [0.717, 1.165) is 51.0 Å². The first-order valence-corrected chi connectivity index (χ1v) is 8.87. The molecule has 1 aromatic rings. The van der Waals surface area contributed by atoms with Crippen molar-refractivity contribution in [2.45, 2.75) is 31.6 Å². The minimum Gasteiger partial charge on any atom is -0.369 e. The number of H-pyrrole nitrogens is 1. The lowest BCUT2D eigenvalue weighted by Gasteiger charge is -2.37. The van der Waals surface area contributed by atoms with Gasteiger partial charge in [-0.25, -0.2) is 4.98 Å². The van der Waals surface area contributed by atoms with Crippen LogP contribution in [-0.4, -0.2) is 64.3 Å². The van der Waals surface area contributed by atoms with Gasteiger partial charge < -0.3 is 15.6 Å². The summed E-state index contributed by atoms with van der Waals surface area (Å²) in [6, 6.07) is 1.53. The molecule has 0 bridgehead atoms. The van der Waals surface area contributed by atoms with Crippen molar-refractivity contribution >= 4 is 11.8 Å². The fourth-order valence-corrected chi connectivity index (χ4v) is 3.84. The van der Waals surface area contributed by atoms with Gasteiger partial charge in [-0.1, -0.05) is 0 Å². The molecule has 2 aliphatic heterocycles. The minimum absolute atomic E-state index is 0.00927. The molecule has 8 nitrogen and oxygen atoms in total. The zero-order valence-electron chi connectivity index (χ0n) is 14.3. The Morgan fingerprint density at radius 1 is 1.24 bits per heavy atom. The van der Waals surface area contributed by atoms with Gasteiger partial charge in [0, 0.05) is 31.0 Å². The zero-order chi connectivity index (χ0) is 17.8. The normalized spacial score (nSPS) is 22.7. The van der Waals surface area contributed by atoms with Gasteiger partial charge in [0.25, 0.3) is 5.56 Å². The second-order valence-electron chi connectivity index (χ2n) is 6.98. The second kappa shape index (κ2) is 7.77. The highest BCUT2D eigenvalue weighted by atomic mass is 16.2. The molecule has 0 unspecified atom stereocenters. The number of aromatic nitrogens is 2. The van der Waals surface area contributed by atoms with Crippen LogP contribution in [0.15, 0.2) is 17.2 Å². The molecule has 8 heteroatoms. The van der Waals surface area contributed by atoms with Crippen LogP contribution in [0.1, 0.15) is 37.3 Å². The van der Waals surface area contributed by atoms with Crippen LogP contribution in [0, 0.1) is 5.92 Å². The molecule has 0 aromatic carbocycles. The van der Waals surface area contributed by atoms with Crippen LogP contribution < -0.4 is 11.3 Å². The van der Waals surface area contributed by atoms with E-state index in [0.29, 0.717) is 6.54 Å². The van der Waals surface area contributed by atoms with Crippen LogP contribution in [-0.2, 0) is 9.59 Å². The Balaban J connectivity index is 1.57. The lowest BCUT2D eigenvalue weighted by atomic mass is 9.91. The zero-order valence-corrected chi connectivity index (χ0v) is 14.3. The summed E-state index contributed by atoms with van der Waals surface area (Å²) in [5.41, 5.74) is 5.83. The molecule has 0 spiro atoms. The summed E-state index contributed by atoms with van der Waals surface area (Å²) in [7, 11) is 0. The fraction of sp³-hybridized carbons (Fsp3) is 0.647. The van der Waals surface area contributed by atoms with Crippen molar-refractivity contribution < 1.29 is 9.59 Å². The van der Waals surface area contributed by atoms with E-state index < -0.39 is 0 Å². The number of hydrogen-bond acceptors (Lipinski definition) is 5. The third-order valence-electron chi connectivity index (χ3n) is 5.17. The van der Waals surface area contributed by atoms with Gasteiger partial charge in [0.05, 0.1) is 18.6 Å². The molecule has 0 saturated carbocycles. The van der Waals surface area contributed by atoms with Crippen molar-refractivity contribution in [3.8, 4) is 0 Å². The first-order valence-electron chi connectivity index (χ1n) is 8.87. The van der Waals surface area contributed by atoms with E-state index in [1.165, 1.54) is 12.4 Å². The lowest BCUT2D eigenvalue weighted by Crippen LogP contribution is -2.47. The smallest absolute Gasteiger partial charge is 0.250 e. The van der Waals surface area contributed by atoms with Gasteiger partial charge in [-0.3, -0.25) is 19.3 Å². The van der Waals surface area contributed by atoms with Gasteiger partial charge in [0.2, 0.25) is 11.8 Å². The average molecular weight is 347 g/mol. The largest absolute Gasteiger partial charge is 0.369 e. The topological polar surface area (TPSA) is 112 Å². The van der Waals surface area contributed by atoms with E-state index in [1.54, 1.807) is 0 Å². The number of likely N-dealkylation sites (tertiary alicyclic amines) is 2. The van der Waals surface area contributed by atoms with E-state index in [1.807, 2.05) is 9.80 Å². The maximum absolute atomic E-state index is 12.9. The molecule has 1 aromatic heterocycles. The van der Waals surface area contributed by atoms with Crippen LogP contribution in [0.2, 0.25) is 0 Å². The van der Waals surface area contributed by atoms with E-state index in [4.69, 9.17) is 5.73 Å². The molecule has 2 fully saturated rings. The number of nitrogens with one attached hydrogen (secondary N) is 1. The van der Waals surface area contributed by atoms with E-state index >= 15 is 0 Å². The average Bonchev–Trinajstić information content (AvgIpc) is 2.61. The summed E-state index contributed by atoms with van der Waals surface area (Å²) in [5.74, 6) is -0.00720. The molecule has 25 heavy (non-hydrogen) atoms. The van der Waals surface area contributed by atoms with Gasteiger partial charge in [0.1, 0.15) is 0 Å². The van der Waals surface area contributed by atoms with Crippen LogP contribution >= 0.6 is 0 Å². The molecule has 2 amide bonds. The van der Waals surface area contributed by atoms with Crippen molar-refractivity contribution in [3.63, 3.8) is 0 Å². The Labute approximate surface area is 146 Å². The number of amides is 2. The molecular formula is C17H25N5O3. The number of piperidine rings is 2. The molecule has 3 rings (SSSR count). The molecule has 136 valence electrons. The molecular weight excluding hydrogens is 322 g/mol. The SMILES string of the molecule is NC(=O)CN1CCC(C(=O)N2CCC[C@H](c3cc(=O)[nH]cn3)C2)CC1. The Kier molecular flexibility index (Phi) is 5.47. The van der Waals surface area contributed by atoms with E-state index in [-0.39, 0.29) is 35.8 Å². The van der Waals surface area contributed by atoms with Crippen LogP contribution in [0.3, 0.4) is 0 Å². The number of hydrogen-bond donors (Lipinski definition) is 2. The summed E-state index contributed by atoms with van der Waals surface area (Å²) >= 11 is 0. The molecule has 2 aliphatic rings. The highest BCUT2D eigenvalue weighted by Gasteiger charge is 2.32. The number of primary amides is 1. The summed E-state index contributed by atoms with van der Waals surface area (Å²) in [6.45, 7) is 3.11. The Morgan fingerprint density at radius 2 is 2.00 bits per heavy atom. The van der Waals surface area contributed by atoms with Gasteiger partial charge in [-0.05, 0) is 38.8 Å². The molecule has 0 aliphatic carbocycles. The summed E-state index contributed by atoms with van der Waals surface area (Å²) < 4.78 is 0. The third-order valence-corrected chi connectivity index (χ3v) is 5.17. The number of carbonyl (C=O) groups excluding carboxylic acids is 2. The monoisotopic (exact) mass is 347 g/mol. The van der Waals surface area contributed by atoms with Crippen LogP contribution in [0.4, 0.5) is 0 Å². The van der Waals surface area contributed by atoms with Crippen LogP contribution in [0.25, 0.3) is 0 Å². The summed E-state index contributed by atoms with van der Waals surface area (Å²) in [5, 5.41) is 0. The molecule has 2 saturated heterocycles. The predicted octanol–water partition coefficient (Wildman–Crippen LogP) is -0.327. The fourth-order valence-electron chi connectivity index (χ4n) is 3.84. The summed E-state index contributed by atoms with van der Waals surface area (Å²) in [4.78, 5) is 46.1. The maximum atomic E-state index is 12.9. The second-order valence-corrected chi connectivity index (χ2v) is 6.98. The maximum Gasteiger partial charge on any atom is 0.250 e. The Bertz CT molecular complexity index is 681. The van der Waals surface area contributed by atoms with Crippen molar-refractivity contribution in [1.29, 1.82) is 0 Å². The Hall–Kier alpha value is -2.22. The molecule has 3 N–H and O–H groups in total. The van der Waals surface area contributed by atoms with Crippen molar-refractivity contribution in [1.82, 2.24) is 19.8 Å². The van der Waals surface area contributed by atoms with Crippen molar-refractivity contribution in [3.05, 3.63) is 28.4 Å². The van der Waals surface area contributed by atoms with E-state index in [2.05, 4.69) is 9.97 Å². The first kappa shape index (κ1) is 17.6. The molecule has 1 atom stereocenters. The summed E-state index contributed by atoms with van der Waals surface area (Å²) in [6.07, 6.45) is 4.81. The van der Waals surface area contributed by atoms with E-state index in [9.17, 15) is 14.4 Å². The number of nitrogens with zero attached hydrogens (tertiary/aromatic N) is 3. The van der Waals surface area contributed by atoms with Crippen LogP contribution in [0.5, 0.6) is 0 Å². The van der Waals surface area contributed by atoms with Gasteiger partial charge in [-0.2, -0.15) is 0 Å². The predicted molar refractivity (Wildman–Crippen MR) is 91.8 cm³/mol. The third kappa shape index (κ3) is 4.45. The number of nitrogens with two attached hydrogens (primary N) is 1. The van der Waals surface area contributed by atoms with Gasteiger partial charge in [0.15, 0.2) is 0 Å². The van der Waals surface area contributed by atoms with Gasteiger partial charge in [-0.15, -0.1) is 0 Å². The number of rotatable bonds is 4. The highest BCUT2D eigenvalue weighted by Crippen LogP contribution is 2.27. The van der Waals surface area contributed by atoms with Gasteiger partial charge >= 0.3 is 0 Å². The molecule has 3 heterocycles. The van der Waals surface area contributed by atoms with Crippen molar-refractivity contribution in [2.75, 3.05) is 32.7 Å². The quantitative estimate of drug-likeness (QED) is 0.775. The standard InChI is InChI=1S/C17H25N5O3/c18-15(23)10-21-6-3-12(4-7-21)17(25)22-5-1-2-13(9-22)14-8-16(24)20-11-19-14/h8,11-13H,1-7,9-10H2,(H2,18,23)(H,19,20,24)/t13-/m0/s1. The number of aromatic amines is 1. The lowest BCUT2D eigenvalue weighted by molar-refractivity contribution is -0.138. The number of carbonyl (C=O) groups is 2. The Morgan fingerprint density at radius 3 is 2.68 bits per heavy atom. The highest BCUT2D eigenvalue weighted by molar-refractivity contribution is 5.79. The minimum atomic E-state index is -0.325. The first-order chi connectivity index (χ1) is 12.0.